The van der Waals surface area contributed by atoms with Crippen LogP contribution in [0.25, 0.3) is 94.4 Å². The summed E-state index contributed by atoms with van der Waals surface area (Å²) < 4.78 is 15.5. The van der Waals surface area contributed by atoms with Crippen molar-refractivity contribution in [2.45, 2.75) is 72.6 Å². The van der Waals surface area contributed by atoms with E-state index in [1.807, 2.05) is 54.7 Å². The largest absolute Gasteiger partial charge is 0.500 e. The Balaban J connectivity index is 0.000000266. The topological polar surface area (TPSA) is 57.0 Å². The Morgan fingerprint density at radius 1 is 0.615 bits per heavy atom. The SMILES string of the molecule is CC(C)(C)c1ccnc(-c2[c-]cccc2)c1.Cc1ccc2c(c1)nc(-c1[c-]ccc3c1oc1c3ccc3oc4ccccc4c31)n2-c1c(C(C)C)cc(-c2ccccc2)cc1C(C)C.[Ir]. The molecule has 325 valence electrons. The summed E-state index contributed by atoms with van der Waals surface area (Å²) in [5.74, 6) is 1.36. The van der Waals surface area contributed by atoms with E-state index in [1.54, 1.807) is 0 Å². The fraction of sp³-hybridized carbons (Fsp3) is 0.186. The van der Waals surface area contributed by atoms with Gasteiger partial charge in [-0.1, -0.05) is 120 Å². The van der Waals surface area contributed by atoms with Crippen LogP contribution in [0.1, 0.15) is 82.6 Å². The Bertz CT molecular complexity index is 3470. The second-order valence-corrected chi connectivity index (χ2v) is 18.5. The van der Waals surface area contributed by atoms with Gasteiger partial charge in [-0.3, -0.25) is 4.98 Å². The summed E-state index contributed by atoms with van der Waals surface area (Å²) in [6, 6.07) is 57.4. The number of benzene rings is 7. The van der Waals surface area contributed by atoms with Crippen molar-refractivity contribution in [1.82, 2.24) is 14.5 Å². The minimum atomic E-state index is 0. The number of nitrogens with zero attached hydrogens (tertiary/aromatic N) is 3. The number of hydrogen-bond donors (Lipinski definition) is 0. The maximum absolute atomic E-state index is 6.92. The van der Waals surface area contributed by atoms with Crippen LogP contribution >= 0.6 is 0 Å². The number of hydrogen-bond acceptors (Lipinski definition) is 4. The van der Waals surface area contributed by atoms with Gasteiger partial charge in [-0.15, -0.1) is 54.1 Å². The summed E-state index contributed by atoms with van der Waals surface area (Å²) in [6.45, 7) is 17.9. The molecule has 1 radical (unpaired) electrons. The van der Waals surface area contributed by atoms with E-state index >= 15 is 0 Å². The molecule has 0 spiro atoms. The van der Waals surface area contributed by atoms with Crippen LogP contribution in [0.4, 0.5) is 0 Å². The van der Waals surface area contributed by atoms with Gasteiger partial charge in [-0.05, 0) is 112 Å². The van der Waals surface area contributed by atoms with Gasteiger partial charge in [-0.25, -0.2) is 0 Å². The van der Waals surface area contributed by atoms with Gasteiger partial charge >= 0.3 is 0 Å². The summed E-state index contributed by atoms with van der Waals surface area (Å²) in [7, 11) is 0. The number of furan rings is 2. The van der Waals surface area contributed by atoms with E-state index in [4.69, 9.17) is 13.8 Å². The van der Waals surface area contributed by atoms with Gasteiger partial charge in [-0.2, -0.15) is 0 Å². The summed E-state index contributed by atoms with van der Waals surface area (Å²) in [5, 5.41) is 4.13. The van der Waals surface area contributed by atoms with E-state index in [-0.39, 0.29) is 37.4 Å². The second kappa shape index (κ2) is 17.4. The van der Waals surface area contributed by atoms with E-state index in [9.17, 15) is 0 Å². The average molecular weight is 1030 g/mol. The average Bonchev–Trinajstić information content (AvgIpc) is 4.00. The molecule has 0 atom stereocenters. The molecule has 0 unspecified atom stereocenters. The molecule has 0 amide bonds. The molecular weight excluding hydrogens is 975 g/mol. The van der Waals surface area contributed by atoms with Crippen LogP contribution in [0.2, 0.25) is 0 Å². The number of imidazole rings is 1. The van der Waals surface area contributed by atoms with Crippen molar-refractivity contribution < 1.29 is 28.9 Å². The molecule has 4 heterocycles. The van der Waals surface area contributed by atoms with Crippen LogP contribution in [0.15, 0.2) is 161 Å². The number of aryl methyl sites for hydroxylation is 1. The maximum Gasteiger partial charge on any atom is 0.139 e. The fourth-order valence-electron chi connectivity index (χ4n) is 8.97. The number of fused-ring (bicyclic) bond motifs is 8. The van der Waals surface area contributed by atoms with Crippen molar-refractivity contribution in [1.29, 1.82) is 0 Å². The number of pyridine rings is 1. The van der Waals surface area contributed by atoms with Crippen LogP contribution in [0, 0.1) is 19.1 Å². The first kappa shape index (κ1) is 43.7. The maximum atomic E-state index is 6.92. The molecule has 11 aromatic rings. The number of para-hydroxylation sites is 1. The third-order valence-electron chi connectivity index (χ3n) is 12.3. The van der Waals surface area contributed by atoms with Crippen molar-refractivity contribution in [2.75, 3.05) is 0 Å². The summed E-state index contributed by atoms with van der Waals surface area (Å²) in [6.07, 6.45) is 1.87. The van der Waals surface area contributed by atoms with Gasteiger partial charge < -0.3 is 18.4 Å². The van der Waals surface area contributed by atoms with Crippen LogP contribution < -0.4 is 0 Å². The zero-order valence-corrected chi connectivity index (χ0v) is 40.5. The second-order valence-electron chi connectivity index (χ2n) is 18.5. The molecule has 5 nitrogen and oxygen atoms in total. The molecule has 0 N–H and O–H groups in total. The Kier molecular flexibility index (Phi) is 11.7. The number of rotatable bonds is 6. The van der Waals surface area contributed by atoms with Crippen LogP contribution in [-0.2, 0) is 25.5 Å². The molecule has 0 aliphatic rings. The van der Waals surface area contributed by atoms with E-state index in [0.29, 0.717) is 0 Å². The van der Waals surface area contributed by atoms with Crippen LogP contribution in [-0.4, -0.2) is 14.5 Å². The quantitative estimate of drug-likeness (QED) is 0.156. The van der Waals surface area contributed by atoms with E-state index in [0.717, 1.165) is 77.6 Å². The first-order valence-corrected chi connectivity index (χ1v) is 22.3. The van der Waals surface area contributed by atoms with Gasteiger partial charge in [0.05, 0.1) is 27.8 Å². The number of aromatic nitrogens is 3. The minimum Gasteiger partial charge on any atom is -0.500 e. The van der Waals surface area contributed by atoms with Crippen LogP contribution in [0.3, 0.4) is 0 Å². The predicted molar refractivity (Wildman–Crippen MR) is 265 cm³/mol. The molecule has 7 aromatic carbocycles. The minimum absolute atomic E-state index is 0. The summed E-state index contributed by atoms with van der Waals surface area (Å²) in [4.78, 5) is 9.77. The molecule has 65 heavy (non-hydrogen) atoms. The van der Waals surface area contributed by atoms with Crippen molar-refractivity contribution in [3.05, 3.63) is 186 Å². The standard InChI is InChI=1S/C44H35N2O2.C15H16N.Ir/c1-25(2)34-23-29(28-12-7-6-8-13-28)24-35(26(3)4)41(34)46-37-20-18-27(5)22-36(37)45-44(46)33-16-11-15-30-31-19-21-39-40(43(31)48-42(30)33)32-14-9-10-17-38(32)47-39;1-15(2,3)13-9-10-16-14(11-13)12-7-5-4-6-8-12;/h6-15,17-26H,1-5H3;4-7,9-11H,1-3H3;/q2*-1;. The van der Waals surface area contributed by atoms with E-state index in [2.05, 4.69) is 174 Å². The molecule has 6 heteroatoms. The zero-order chi connectivity index (χ0) is 44.3. The monoisotopic (exact) mass is 1030 g/mol. The van der Waals surface area contributed by atoms with Gasteiger partial charge in [0.25, 0.3) is 0 Å². The zero-order valence-electron chi connectivity index (χ0n) is 38.1. The molecule has 0 saturated carbocycles. The van der Waals surface area contributed by atoms with E-state index < -0.39 is 0 Å². The summed E-state index contributed by atoms with van der Waals surface area (Å²) >= 11 is 0. The Morgan fingerprint density at radius 2 is 1.34 bits per heavy atom. The fourth-order valence-corrected chi connectivity index (χ4v) is 8.97. The molecule has 0 aliphatic heterocycles. The van der Waals surface area contributed by atoms with E-state index in [1.165, 1.54) is 39.1 Å². The molecule has 0 fully saturated rings. The van der Waals surface area contributed by atoms with Gasteiger partial charge in [0.2, 0.25) is 0 Å². The molecule has 4 aromatic heterocycles. The Morgan fingerprint density at radius 3 is 2.06 bits per heavy atom. The van der Waals surface area contributed by atoms with Crippen LogP contribution in [0.5, 0.6) is 0 Å². The predicted octanol–water partition coefficient (Wildman–Crippen LogP) is 16.4. The molecule has 0 saturated heterocycles. The smallest absolute Gasteiger partial charge is 0.139 e. The van der Waals surface area contributed by atoms with Gasteiger partial charge in [0.1, 0.15) is 16.7 Å². The summed E-state index contributed by atoms with van der Waals surface area (Å²) in [5.41, 5.74) is 17.0. The molecule has 11 rings (SSSR count). The third kappa shape index (κ3) is 8.00. The van der Waals surface area contributed by atoms with Crippen molar-refractivity contribution in [3.63, 3.8) is 0 Å². The Hall–Kier alpha value is -6.59. The van der Waals surface area contributed by atoms with Crippen molar-refractivity contribution >= 4 is 54.9 Å². The Labute approximate surface area is 394 Å². The third-order valence-corrected chi connectivity index (χ3v) is 12.3. The normalized spacial score (nSPS) is 11.8. The first-order valence-electron chi connectivity index (χ1n) is 22.3. The van der Waals surface area contributed by atoms with Crippen molar-refractivity contribution in [3.8, 4) is 39.5 Å². The van der Waals surface area contributed by atoms with Gasteiger partial charge in [0, 0.05) is 42.8 Å². The molecule has 0 bridgehead atoms. The molecular formula is C59H51IrN3O2-2. The van der Waals surface area contributed by atoms with Gasteiger partial charge in [0.15, 0.2) is 0 Å². The van der Waals surface area contributed by atoms with Crippen molar-refractivity contribution in [2.24, 2.45) is 0 Å². The molecule has 0 aliphatic carbocycles. The first-order chi connectivity index (χ1) is 30.9.